The molecule has 0 radical (unpaired) electrons. The second-order valence-electron chi connectivity index (χ2n) is 6.27. The van der Waals surface area contributed by atoms with E-state index in [-0.39, 0.29) is 11.2 Å². The Morgan fingerprint density at radius 3 is 2.50 bits per heavy atom. The zero-order chi connectivity index (χ0) is 18.7. The number of thioether (sulfide) groups is 1. The van der Waals surface area contributed by atoms with Crippen molar-refractivity contribution in [3.63, 3.8) is 0 Å². The number of hydrogen-bond donors (Lipinski definition) is 1. The second-order valence-corrected chi connectivity index (χ2v) is 7.58. The van der Waals surface area contributed by atoms with Gasteiger partial charge >= 0.3 is 0 Å². The summed E-state index contributed by atoms with van der Waals surface area (Å²) in [6.45, 7) is 7.82. The zero-order valence-electron chi connectivity index (χ0n) is 15.4. The summed E-state index contributed by atoms with van der Waals surface area (Å²) in [5.74, 6) is 0.739. The van der Waals surface area contributed by atoms with Crippen LogP contribution in [0.4, 0.5) is 5.69 Å². The van der Waals surface area contributed by atoms with Crippen molar-refractivity contribution >= 4 is 23.4 Å². The van der Waals surface area contributed by atoms with Gasteiger partial charge in [0.1, 0.15) is 5.82 Å². The van der Waals surface area contributed by atoms with Crippen LogP contribution in [0.1, 0.15) is 23.9 Å². The highest BCUT2D eigenvalue weighted by Crippen LogP contribution is 2.26. The molecule has 1 atom stereocenters. The summed E-state index contributed by atoms with van der Waals surface area (Å²) in [6, 6.07) is 15.9. The summed E-state index contributed by atoms with van der Waals surface area (Å²) in [4.78, 5) is 12.6. The molecule has 0 aliphatic heterocycles. The molecule has 0 saturated carbocycles. The number of para-hydroxylation sites is 1. The van der Waals surface area contributed by atoms with Crippen LogP contribution in [0.15, 0.2) is 53.7 Å². The Kier molecular flexibility index (Phi) is 5.42. The Hall–Kier alpha value is -2.60. The van der Waals surface area contributed by atoms with Crippen LogP contribution < -0.4 is 5.32 Å². The number of nitrogens with one attached hydrogen (secondary N) is 1. The third kappa shape index (κ3) is 3.96. The minimum Gasteiger partial charge on any atom is -0.325 e. The van der Waals surface area contributed by atoms with Crippen LogP contribution >= 0.6 is 11.8 Å². The molecular weight excluding hydrogens is 344 g/mol. The molecule has 6 heteroatoms. The quantitative estimate of drug-likeness (QED) is 0.684. The zero-order valence-corrected chi connectivity index (χ0v) is 16.2. The van der Waals surface area contributed by atoms with Crippen LogP contribution in [0, 0.1) is 20.8 Å². The highest BCUT2D eigenvalue weighted by atomic mass is 32.2. The predicted molar refractivity (Wildman–Crippen MR) is 106 cm³/mol. The molecule has 3 aromatic rings. The highest BCUT2D eigenvalue weighted by molar-refractivity contribution is 8.00. The molecule has 3 rings (SSSR count). The summed E-state index contributed by atoms with van der Waals surface area (Å²) < 4.78 is 1.96. The Morgan fingerprint density at radius 1 is 1.08 bits per heavy atom. The fraction of sp³-hybridized carbons (Fsp3) is 0.250. The number of benzene rings is 2. The standard InChI is InChI=1S/C20H22N4OS/c1-13-10-11-18(14(2)12-13)21-19(25)15(3)26-20-23-22-16(4)24(20)17-8-6-5-7-9-17/h5-12,15H,1-4H3,(H,21,25)/t15-/m1/s1. The van der Waals surface area contributed by atoms with E-state index in [1.165, 1.54) is 17.3 Å². The molecule has 134 valence electrons. The molecule has 0 aliphatic rings. The first kappa shape index (κ1) is 18.2. The van der Waals surface area contributed by atoms with Gasteiger partial charge in [0.25, 0.3) is 0 Å². The summed E-state index contributed by atoms with van der Waals surface area (Å²) >= 11 is 1.40. The number of aryl methyl sites for hydroxylation is 3. The van der Waals surface area contributed by atoms with Gasteiger partial charge in [-0.25, -0.2) is 0 Å². The predicted octanol–water partition coefficient (Wildman–Crippen LogP) is 4.31. The Bertz CT molecular complexity index is 921. The molecule has 0 bridgehead atoms. The van der Waals surface area contributed by atoms with Crippen LogP contribution in [0.3, 0.4) is 0 Å². The smallest absolute Gasteiger partial charge is 0.237 e. The lowest BCUT2D eigenvalue weighted by atomic mass is 10.1. The van der Waals surface area contributed by atoms with Gasteiger partial charge in [0, 0.05) is 11.4 Å². The molecule has 0 unspecified atom stereocenters. The first-order valence-electron chi connectivity index (χ1n) is 8.48. The summed E-state index contributed by atoms with van der Waals surface area (Å²) in [6.07, 6.45) is 0. The normalized spacial score (nSPS) is 12.0. The van der Waals surface area contributed by atoms with Crippen molar-refractivity contribution in [2.45, 2.75) is 38.1 Å². The van der Waals surface area contributed by atoms with Crippen molar-refractivity contribution in [3.05, 3.63) is 65.5 Å². The molecule has 5 nitrogen and oxygen atoms in total. The molecule has 2 aromatic carbocycles. The number of hydrogen-bond acceptors (Lipinski definition) is 4. The molecular formula is C20H22N4OS. The number of nitrogens with zero attached hydrogens (tertiary/aromatic N) is 3. The number of carbonyl (C=O) groups excluding carboxylic acids is 1. The van der Waals surface area contributed by atoms with Gasteiger partial charge in [0.05, 0.1) is 5.25 Å². The van der Waals surface area contributed by atoms with Crippen molar-refractivity contribution in [3.8, 4) is 5.69 Å². The molecule has 0 fully saturated rings. The summed E-state index contributed by atoms with van der Waals surface area (Å²) in [5.41, 5.74) is 4.06. The lowest BCUT2D eigenvalue weighted by Crippen LogP contribution is -2.23. The molecule has 0 saturated heterocycles. The van der Waals surface area contributed by atoms with Gasteiger partial charge in [0.15, 0.2) is 5.16 Å². The van der Waals surface area contributed by atoms with E-state index in [0.717, 1.165) is 22.8 Å². The number of carbonyl (C=O) groups is 1. The molecule has 0 spiro atoms. The van der Waals surface area contributed by atoms with Gasteiger partial charge in [0.2, 0.25) is 5.91 Å². The van der Waals surface area contributed by atoms with E-state index >= 15 is 0 Å². The fourth-order valence-electron chi connectivity index (χ4n) is 2.69. The highest BCUT2D eigenvalue weighted by Gasteiger charge is 2.20. The maximum Gasteiger partial charge on any atom is 0.237 e. The number of anilines is 1. The fourth-order valence-corrected chi connectivity index (χ4v) is 3.61. The van der Waals surface area contributed by atoms with E-state index in [1.807, 2.05) is 74.7 Å². The van der Waals surface area contributed by atoms with Crippen molar-refractivity contribution in [1.82, 2.24) is 14.8 Å². The monoisotopic (exact) mass is 366 g/mol. The SMILES string of the molecule is Cc1ccc(NC(=O)[C@@H](C)Sc2nnc(C)n2-c2ccccc2)c(C)c1. The average molecular weight is 366 g/mol. The van der Waals surface area contributed by atoms with Crippen LogP contribution in [0.25, 0.3) is 5.69 Å². The van der Waals surface area contributed by atoms with Gasteiger partial charge in [-0.3, -0.25) is 9.36 Å². The number of rotatable bonds is 5. The average Bonchev–Trinajstić information content (AvgIpc) is 2.98. The summed E-state index contributed by atoms with van der Waals surface area (Å²) in [7, 11) is 0. The van der Waals surface area contributed by atoms with Crippen molar-refractivity contribution < 1.29 is 4.79 Å². The molecule has 1 N–H and O–H groups in total. The van der Waals surface area contributed by atoms with Gasteiger partial charge in [-0.15, -0.1) is 10.2 Å². The van der Waals surface area contributed by atoms with E-state index in [2.05, 4.69) is 21.6 Å². The third-order valence-electron chi connectivity index (χ3n) is 4.10. The minimum absolute atomic E-state index is 0.0535. The lowest BCUT2D eigenvalue weighted by molar-refractivity contribution is -0.115. The van der Waals surface area contributed by atoms with Crippen LogP contribution in [0.2, 0.25) is 0 Å². The van der Waals surface area contributed by atoms with Gasteiger partial charge in [-0.2, -0.15) is 0 Å². The third-order valence-corrected chi connectivity index (χ3v) is 5.14. The maximum absolute atomic E-state index is 12.6. The topological polar surface area (TPSA) is 59.8 Å². The van der Waals surface area contributed by atoms with E-state index in [0.29, 0.717) is 5.16 Å². The Balaban J connectivity index is 1.76. The molecule has 1 heterocycles. The van der Waals surface area contributed by atoms with E-state index in [9.17, 15) is 4.79 Å². The van der Waals surface area contributed by atoms with Crippen molar-refractivity contribution in [2.24, 2.45) is 0 Å². The Labute approximate surface area is 157 Å². The first-order chi connectivity index (χ1) is 12.5. The van der Waals surface area contributed by atoms with Crippen molar-refractivity contribution in [2.75, 3.05) is 5.32 Å². The summed E-state index contributed by atoms with van der Waals surface area (Å²) in [5, 5.41) is 11.8. The van der Waals surface area contributed by atoms with Crippen LogP contribution in [-0.2, 0) is 4.79 Å². The van der Waals surface area contributed by atoms with Gasteiger partial charge in [-0.05, 0) is 51.5 Å². The van der Waals surface area contributed by atoms with Gasteiger partial charge < -0.3 is 5.32 Å². The molecule has 0 aliphatic carbocycles. The van der Waals surface area contributed by atoms with Crippen molar-refractivity contribution in [1.29, 1.82) is 0 Å². The molecule has 1 amide bonds. The largest absolute Gasteiger partial charge is 0.325 e. The number of aromatic nitrogens is 3. The molecule has 1 aromatic heterocycles. The second kappa shape index (κ2) is 7.74. The van der Waals surface area contributed by atoms with Crippen LogP contribution in [-0.4, -0.2) is 25.9 Å². The van der Waals surface area contributed by atoms with E-state index in [1.54, 1.807) is 0 Å². The molecule has 26 heavy (non-hydrogen) atoms. The number of amides is 1. The Morgan fingerprint density at radius 2 is 1.81 bits per heavy atom. The van der Waals surface area contributed by atoms with Gasteiger partial charge in [-0.1, -0.05) is 47.7 Å². The minimum atomic E-state index is -0.304. The lowest BCUT2D eigenvalue weighted by Gasteiger charge is -2.14. The first-order valence-corrected chi connectivity index (χ1v) is 9.36. The van der Waals surface area contributed by atoms with E-state index < -0.39 is 0 Å². The van der Waals surface area contributed by atoms with Crippen LogP contribution in [0.5, 0.6) is 0 Å². The maximum atomic E-state index is 12.6. The van der Waals surface area contributed by atoms with E-state index in [4.69, 9.17) is 0 Å².